The zero-order valence-electron chi connectivity index (χ0n) is 22.7. The number of rotatable bonds is 8. The van der Waals surface area contributed by atoms with Crippen LogP contribution in [0.3, 0.4) is 0 Å². The van der Waals surface area contributed by atoms with E-state index in [1.165, 1.54) is 6.07 Å². The molecule has 5 rings (SSSR count). The second-order valence-electron chi connectivity index (χ2n) is 11.4. The number of piperidine rings is 1. The maximum atomic E-state index is 15.7. The van der Waals surface area contributed by atoms with Crippen molar-refractivity contribution in [1.29, 1.82) is 0 Å². The van der Waals surface area contributed by atoms with Gasteiger partial charge in [-0.2, -0.15) is 13.2 Å². The molecule has 1 N–H and O–H groups in total. The Balaban J connectivity index is 1.25. The molecule has 6 nitrogen and oxygen atoms in total. The number of aliphatic carboxylic acids is 1. The summed E-state index contributed by atoms with van der Waals surface area (Å²) < 4.78 is 104. The van der Waals surface area contributed by atoms with Crippen LogP contribution in [-0.2, 0) is 17.5 Å². The minimum atomic E-state index is -4.71. The number of halogens is 8. The molecule has 2 aromatic carbocycles. The highest BCUT2D eigenvalue weighted by Crippen LogP contribution is 2.46. The molecular formula is C29H28ClF7N2O4. The van der Waals surface area contributed by atoms with Gasteiger partial charge in [0, 0.05) is 37.7 Å². The summed E-state index contributed by atoms with van der Waals surface area (Å²) in [5, 5.41) is 8.70. The van der Waals surface area contributed by atoms with Crippen molar-refractivity contribution in [1.82, 2.24) is 9.80 Å². The lowest BCUT2D eigenvalue weighted by Crippen LogP contribution is -2.44. The molecule has 2 aliphatic heterocycles. The predicted molar refractivity (Wildman–Crippen MR) is 141 cm³/mol. The van der Waals surface area contributed by atoms with Crippen molar-refractivity contribution < 1.29 is 50.2 Å². The van der Waals surface area contributed by atoms with Gasteiger partial charge in [-0.3, -0.25) is 9.69 Å². The molecule has 0 radical (unpaired) electrons. The summed E-state index contributed by atoms with van der Waals surface area (Å²) >= 11 is 5.67. The van der Waals surface area contributed by atoms with Crippen LogP contribution < -0.4 is 4.74 Å². The van der Waals surface area contributed by atoms with E-state index in [2.05, 4.69) is 0 Å². The lowest BCUT2D eigenvalue weighted by molar-refractivity contribution is -0.141. The number of alkyl halides is 5. The number of carbonyl (C=O) groups is 2. The molecule has 234 valence electrons. The van der Waals surface area contributed by atoms with Gasteiger partial charge in [-0.25, -0.2) is 22.4 Å². The lowest BCUT2D eigenvalue weighted by Gasteiger charge is -2.36. The van der Waals surface area contributed by atoms with E-state index in [9.17, 15) is 36.6 Å². The zero-order valence-corrected chi connectivity index (χ0v) is 23.5. The van der Waals surface area contributed by atoms with Gasteiger partial charge in [0.25, 0.3) is 5.91 Å². The molecule has 1 aliphatic carbocycles. The third-order valence-corrected chi connectivity index (χ3v) is 8.48. The second-order valence-corrected chi connectivity index (χ2v) is 11.8. The summed E-state index contributed by atoms with van der Waals surface area (Å²) in [7, 11) is 0. The zero-order chi connectivity index (χ0) is 31.3. The van der Waals surface area contributed by atoms with Gasteiger partial charge >= 0.3 is 12.1 Å². The number of likely N-dealkylation sites (tertiary alicyclic amines) is 2. The van der Waals surface area contributed by atoms with Crippen molar-refractivity contribution in [2.24, 2.45) is 0 Å². The summed E-state index contributed by atoms with van der Waals surface area (Å²) in [6.45, 7) is -0.974. The highest BCUT2D eigenvalue weighted by atomic mass is 35.5. The standard InChI is InChI=1S/C29H28ClF7N2O4/c30-21-8-17(29(35,36)37)7-16(25(21)33)12-38-5-3-28(34,4-6-38)14-43-24-11-22(32)20(10-19(24)15-1-2-15)26(40)39-13-18(31)9-23(39)27(41)42/h7-8,10-11,15,18,23H,1-6,9,12-14H2,(H,41,42)/t18-,23+/m1/s1. The Morgan fingerprint density at radius 1 is 1.09 bits per heavy atom. The van der Waals surface area contributed by atoms with Gasteiger partial charge in [-0.15, -0.1) is 0 Å². The topological polar surface area (TPSA) is 70.1 Å². The Morgan fingerprint density at radius 2 is 1.77 bits per heavy atom. The minimum Gasteiger partial charge on any atom is -0.490 e. The summed E-state index contributed by atoms with van der Waals surface area (Å²) in [5.74, 6) is -4.36. The molecule has 0 aromatic heterocycles. The molecule has 14 heteroatoms. The molecule has 2 saturated heterocycles. The second kappa shape index (κ2) is 11.8. The summed E-state index contributed by atoms with van der Waals surface area (Å²) in [4.78, 5) is 26.9. The van der Waals surface area contributed by atoms with Crippen LogP contribution >= 0.6 is 11.6 Å². The van der Waals surface area contributed by atoms with E-state index in [1.807, 2.05) is 0 Å². The van der Waals surface area contributed by atoms with E-state index in [-0.39, 0.29) is 49.7 Å². The summed E-state index contributed by atoms with van der Waals surface area (Å²) in [5.41, 5.74) is -3.16. The molecule has 2 heterocycles. The number of carboxylic acids is 1. The first-order chi connectivity index (χ1) is 20.1. The minimum absolute atomic E-state index is 0.0382. The lowest BCUT2D eigenvalue weighted by atomic mass is 9.93. The Kier molecular flexibility index (Phi) is 8.60. The average Bonchev–Trinajstić information content (AvgIpc) is 3.70. The van der Waals surface area contributed by atoms with Crippen LogP contribution in [0.15, 0.2) is 24.3 Å². The number of hydrogen-bond acceptors (Lipinski definition) is 4. The molecule has 3 aliphatic rings. The number of amides is 1. The van der Waals surface area contributed by atoms with Crippen molar-refractivity contribution in [2.75, 3.05) is 26.2 Å². The van der Waals surface area contributed by atoms with Gasteiger partial charge in [0.2, 0.25) is 0 Å². The number of ether oxygens (including phenoxy) is 1. The highest BCUT2D eigenvalue weighted by Gasteiger charge is 2.42. The first kappa shape index (κ1) is 31.4. The molecule has 0 spiro atoms. The fourth-order valence-corrected chi connectivity index (χ4v) is 5.84. The van der Waals surface area contributed by atoms with Gasteiger partial charge in [0.15, 0.2) is 0 Å². The first-order valence-electron chi connectivity index (χ1n) is 13.8. The van der Waals surface area contributed by atoms with Crippen molar-refractivity contribution in [3.8, 4) is 5.75 Å². The third kappa shape index (κ3) is 6.87. The van der Waals surface area contributed by atoms with E-state index in [1.54, 1.807) is 4.90 Å². The van der Waals surface area contributed by atoms with E-state index in [0.717, 1.165) is 23.8 Å². The monoisotopic (exact) mass is 636 g/mol. The molecule has 43 heavy (non-hydrogen) atoms. The van der Waals surface area contributed by atoms with E-state index in [0.29, 0.717) is 17.7 Å². The first-order valence-corrected chi connectivity index (χ1v) is 14.1. The van der Waals surface area contributed by atoms with Crippen LogP contribution in [0.4, 0.5) is 30.7 Å². The molecule has 2 atom stereocenters. The van der Waals surface area contributed by atoms with E-state index >= 15 is 8.78 Å². The molecule has 1 saturated carbocycles. The number of hydrogen-bond donors (Lipinski definition) is 1. The molecule has 0 bridgehead atoms. The summed E-state index contributed by atoms with van der Waals surface area (Å²) in [6.07, 6.45) is -5.39. The third-order valence-electron chi connectivity index (χ3n) is 8.21. The average molecular weight is 637 g/mol. The maximum absolute atomic E-state index is 15.7. The van der Waals surface area contributed by atoms with Crippen LogP contribution in [0.5, 0.6) is 5.75 Å². The van der Waals surface area contributed by atoms with Gasteiger partial charge in [-0.05, 0) is 55.4 Å². The summed E-state index contributed by atoms with van der Waals surface area (Å²) in [6, 6.07) is 2.00. The fourth-order valence-electron chi connectivity index (χ4n) is 5.60. The predicted octanol–water partition coefficient (Wildman–Crippen LogP) is 6.53. The van der Waals surface area contributed by atoms with Crippen LogP contribution in [0.25, 0.3) is 0 Å². The van der Waals surface area contributed by atoms with Crippen LogP contribution in [0.2, 0.25) is 5.02 Å². The molecule has 3 fully saturated rings. The number of carbonyl (C=O) groups excluding carboxylic acids is 1. The molecule has 1 amide bonds. The highest BCUT2D eigenvalue weighted by molar-refractivity contribution is 6.30. The normalized spacial score (nSPS) is 22.6. The van der Waals surface area contributed by atoms with E-state index < -0.39 is 83.3 Å². The van der Waals surface area contributed by atoms with E-state index in [4.69, 9.17) is 16.3 Å². The Labute approximate surface area is 247 Å². The van der Waals surface area contributed by atoms with Gasteiger partial charge < -0.3 is 14.7 Å². The smallest absolute Gasteiger partial charge is 0.416 e. The SMILES string of the molecule is O=C(O)[C@@H]1C[C@@H](F)CN1C(=O)c1cc(C2CC2)c(OCC2(F)CCN(Cc3cc(C(F)(F)F)cc(Cl)c3F)CC2)cc1F. The Bertz CT molecular complexity index is 1410. The Morgan fingerprint density at radius 3 is 2.37 bits per heavy atom. The van der Waals surface area contributed by atoms with Crippen LogP contribution in [-0.4, -0.2) is 70.9 Å². The van der Waals surface area contributed by atoms with Crippen molar-refractivity contribution >= 4 is 23.5 Å². The van der Waals surface area contributed by atoms with Gasteiger partial charge in [0.1, 0.15) is 41.9 Å². The van der Waals surface area contributed by atoms with Crippen LogP contribution in [0, 0.1) is 11.6 Å². The number of nitrogens with zero attached hydrogens (tertiary/aromatic N) is 2. The maximum Gasteiger partial charge on any atom is 0.416 e. The molecular weight excluding hydrogens is 609 g/mol. The van der Waals surface area contributed by atoms with Crippen molar-refractivity contribution in [3.63, 3.8) is 0 Å². The van der Waals surface area contributed by atoms with Crippen LogP contribution in [0.1, 0.15) is 65.1 Å². The quantitative estimate of drug-likeness (QED) is 0.334. The van der Waals surface area contributed by atoms with Gasteiger partial charge in [-0.1, -0.05) is 11.6 Å². The fraction of sp³-hybridized carbons (Fsp3) is 0.517. The molecule has 2 aromatic rings. The van der Waals surface area contributed by atoms with Crippen molar-refractivity contribution in [3.05, 3.63) is 63.2 Å². The molecule has 0 unspecified atom stereocenters. The number of benzene rings is 2. The number of carboxylic acid groups (broad SMARTS) is 1. The van der Waals surface area contributed by atoms with Crippen molar-refractivity contribution in [2.45, 2.75) is 68.6 Å². The largest absolute Gasteiger partial charge is 0.490 e. The van der Waals surface area contributed by atoms with Gasteiger partial charge in [0.05, 0.1) is 22.7 Å². The Hall–Kier alpha value is -3.06.